The van der Waals surface area contributed by atoms with E-state index in [1.165, 1.54) is 38.5 Å². The summed E-state index contributed by atoms with van der Waals surface area (Å²) in [7, 11) is -4.54. The van der Waals surface area contributed by atoms with Gasteiger partial charge in [0.15, 0.2) is 0 Å². The van der Waals surface area contributed by atoms with Gasteiger partial charge < -0.3 is 14.8 Å². The number of β-amino-alcohol motifs (C(OH)–C–C–N with tert-alkyl or cyclic N) is 2. The van der Waals surface area contributed by atoms with Crippen molar-refractivity contribution in [1.29, 1.82) is 0 Å². The fraction of sp³-hybridized carbons (Fsp3) is 0.840. The molecule has 0 saturated carbocycles. The number of carbonyl (C=O) groups is 1. The number of hydrogen-bond donors (Lipinski definition) is 2. The molecular weight excluding hydrogens is 479 g/mol. The summed E-state index contributed by atoms with van der Waals surface area (Å²) in [5, 5.41) is 19.2. The van der Waals surface area contributed by atoms with Crippen molar-refractivity contribution >= 4 is 21.7 Å². The minimum atomic E-state index is -4.54. The molecule has 0 aromatic rings. The molecule has 0 amide bonds. The van der Waals surface area contributed by atoms with Gasteiger partial charge in [0.2, 0.25) is 5.78 Å². The largest absolute Gasteiger partial charge is 1.00 e. The van der Waals surface area contributed by atoms with E-state index in [9.17, 15) is 28.0 Å². The molecule has 0 saturated heterocycles. The Morgan fingerprint density at radius 2 is 1.63 bits per heavy atom. The number of hydrogen-bond acceptors (Lipinski definition) is 7. The maximum atomic E-state index is 12.9. The second-order valence-electron chi connectivity index (χ2n) is 9.26. The maximum Gasteiger partial charge on any atom is 1.00 e. The second kappa shape index (κ2) is 20.7. The molecule has 10 heteroatoms. The molecule has 0 radical (unpaired) electrons. The van der Waals surface area contributed by atoms with Crippen LogP contribution in [-0.4, -0.2) is 88.9 Å². The Bertz CT molecular complexity index is 742. The Morgan fingerprint density at radius 1 is 1.06 bits per heavy atom. The number of carbonyl (C=O) groups excluding carboxylic acids is 1. The van der Waals surface area contributed by atoms with Gasteiger partial charge in [0, 0.05) is 6.42 Å². The molecule has 1 rings (SSSR count). The van der Waals surface area contributed by atoms with Gasteiger partial charge in [0.25, 0.3) is 0 Å². The van der Waals surface area contributed by atoms with Crippen LogP contribution in [0.2, 0.25) is 0 Å². The first kappa shape index (κ1) is 34.7. The van der Waals surface area contributed by atoms with E-state index in [1.54, 1.807) is 9.48 Å². The summed E-state index contributed by atoms with van der Waals surface area (Å²) in [5.74, 6) is -0.528. The molecule has 0 aromatic heterocycles. The molecule has 0 spiro atoms. The van der Waals surface area contributed by atoms with E-state index in [-0.39, 0.29) is 48.5 Å². The molecule has 2 N–H and O–H groups in total. The number of allylic oxidation sites excluding steroid dienone is 2. The molecule has 0 fully saturated rings. The number of aliphatic hydroxyl groups is 2. The molecule has 1 aliphatic heterocycles. The van der Waals surface area contributed by atoms with E-state index in [0.29, 0.717) is 31.9 Å². The Morgan fingerprint density at radius 3 is 2.20 bits per heavy atom. The van der Waals surface area contributed by atoms with Crippen molar-refractivity contribution < 1.29 is 62.1 Å². The Kier molecular flexibility index (Phi) is 20.6. The van der Waals surface area contributed by atoms with Crippen molar-refractivity contribution in [3.8, 4) is 0 Å². The third kappa shape index (κ3) is 17.0. The van der Waals surface area contributed by atoms with Crippen LogP contribution in [0.1, 0.15) is 90.4 Å². The van der Waals surface area contributed by atoms with Crippen LogP contribution in [-0.2, 0) is 14.9 Å². The minimum Gasteiger partial charge on any atom is -0.748 e. The molecule has 0 aliphatic carbocycles. The number of rotatable bonds is 21. The molecule has 1 heterocycles. The van der Waals surface area contributed by atoms with E-state index in [4.69, 9.17) is 0 Å². The zero-order chi connectivity index (χ0) is 25.2. The second-order valence-corrected chi connectivity index (χ2v) is 10.7. The van der Waals surface area contributed by atoms with Gasteiger partial charge in [0.1, 0.15) is 32.3 Å². The summed E-state index contributed by atoms with van der Waals surface area (Å²) in [6.07, 6.45) is 17.6. The summed E-state index contributed by atoms with van der Waals surface area (Å²) in [4.78, 5) is 14.6. The molecular formula is C25H46N2NaO6S+. The summed E-state index contributed by atoms with van der Waals surface area (Å²) < 4.78 is 34.3. The molecule has 198 valence electrons. The molecule has 0 bridgehead atoms. The van der Waals surface area contributed by atoms with Gasteiger partial charge in [-0.05, 0) is 32.1 Å². The Balaban J connectivity index is 0.0000116. The SMILES string of the molecule is CCCCCCC/C=C/CCCCCCCC(=O)C1=[N+](CC(O)CS(=O)(=O)[O-])CCN1CCO.[Na+]. The molecule has 1 aliphatic rings. The fourth-order valence-electron chi connectivity index (χ4n) is 4.36. The average molecular weight is 526 g/mol. The monoisotopic (exact) mass is 525 g/mol. The standard InChI is InChI=1S/C25H46N2O6S.Na/c1-2-3-4-5-6-7-8-9-10-11-12-13-14-15-16-24(30)25-26(19-20-28)17-18-27(25)21-23(29)22-34(31,32)33;/h8-9,23,28-29H,2-7,10-22H2,1H3;/q;+1/b9-8+;. The van der Waals surface area contributed by atoms with E-state index in [2.05, 4.69) is 19.1 Å². The van der Waals surface area contributed by atoms with Crippen LogP contribution in [0.4, 0.5) is 0 Å². The van der Waals surface area contributed by atoms with Crippen LogP contribution in [0.3, 0.4) is 0 Å². The third-order valence-corrected chi connectivity index (χ3v) is 6.89. The number of unbranched alkanes of at least 4 members (excludes halogenated alkanes) is 10. The van der Waals surface area contributed by atoms with Crippen molar-refractivity contribution in [2.75, 3.05) is 38.5 Å². The summed E-state index contributed by atoms with van der Waals surface area (Å²) in [5.41, 5.74) is 0. The van der Waals surface area contributed by atoms with Crippen LogP contribution >= 0.6 is 0 Å². The summed E-state index contributed by atoms with van der Waals surface area (Å²) >= 11 is 0. The Labute approximate surface area is 234 Å². The van der Waals surface area contributed by atoms with E-state index in [1.807, 2.05) is 0 Å². The first-order valence-corrected chi connectivity index (χ1v) is 14.6. The first-order chi connectivity index (χ1) is 16.3. The molecule has 1 unspecified atom stereocenters. The van der Waals surface area contributed by atoms with E-state index >= 15 is 0 Å². The summed E-state index contributed by atoms with van der Waals surface area (Å²) in [6.45, 7) is 3.32. The van der Waals surface area contributed by atoms with Crippen molar-refractivity contribution in [3.05, 3.63) is 12.2 Å². The predicted octanol–water partition coefficient (Wildman–Crippen LogP) is -0.168. The Hall–Kier alpha value is -0.290. The van der Waals surface area contributed by atoms with Crippen molar-refractivity contribution in [2.45, 2.75) is 96.5 Å². The third-order valence-electron chi connectivity index (χ3n) is 6.10. The fourth-order valence-corrected chi connectivity index (χ4v) is 4.93. The number of aliphatic hydroxyl groups excluding tert-OH is 2. The first-order valence-electron chi connectivity index (χ1n) is 13.1. The normalized spacial score (nSPS) is 15.1. The molecule has 8 nitrogen and oxygen atoms in total. The summed E-state index contributed by atoms with van der Waals surface area (Å²) in [6, 6.07) is 0. The number of amidine groups is 1. The molecule has 35 heavy (non-hydrogen) atoms. The smallest absolute Gasteiger partial charge is 0.748 e. The van der Waals surface area contributed by atoms with Crippen LogP contribution in [0, 0.1) is 0 Å². The van der Waals surface area contributed by atoms with Gasteiger partial charge >= 0.3 is 35.4 Å². The van der Waals surface area contributed by atoms with Gasteiger partial charge in [-0.3, -0.25) is 14.3 Å². The number of ketones is 1. The van der Waals surface area contributed by atoms with Crippen LogP contribution < -0.4 is 29.6 Å². The minimum absolute atomic E-state index is 0. The number of nitrogens with zero attached hydrogens (tertiary/aromatic N) is 2. The topological polar surface area (TPSA) is 121 Å². The van der Waals surface area contributed by atoms with Crippen LogP contribution in [0.15, 0.2) is 12.2 Å². The molecule has 0 aromatic carbocycles. The van der Waals surface area contributed by atoms with Crippen LogP contribution in [0.25, 0.3) is 0 Å². The zero-order valence-corrected chi connectivity index (χ0v) is 24.8. The predicted molar refractivity (Wildman–Crippen MR) is 134 cm³/mol. The van der Waals surface area contributed by atoms with Gasteiger partial charge in [0.05, 0.1) is 22.5 Å². The van der Waals surface area contributed by atoms with Crippen molar-refractivity contribution in [2.24, 2.45) is 0 Å². The van der Waals surface area contributed by atoms with E-state index in [0.717, 1.165) is 38.5 Å². The van der Waals surface area contributed by atoms with Crippen molar-refractivity contribution in [3.63, 3.8) is 0 Å². The van der Waals surface area contributed by atoms with Gasteiger partial charge in [-0.1, -0.05) is 64.0 Å². The van der Waals surface area contributed by atoms with E-state index < -0.39 is 22.0 Å². The molecule has 1 atom stereocenters. The van der Waals surface area contributed by atoms with Gasteiger partial charge in [-0.25, -0.2) is 8.42 Å². The zero-order valence-electron chi connectivity index (χ0n) is 22.0. The maximum absolute atomic E-state index is 12.9. The van der Waals surface area contributed by atoms with Crippen LogP contribution in [0.5, 0.6) is 0 Å². The number of Topliss-reactive ketones (excluding diaryl/α,β-unsaturated/α-hetero) is 1. The average Bonchev–Trinajstić information content (AvgIpc) is 3.14. The van der Waals surface area contributed by atoms with Crippen molar-refractivity contribution in [1.82, 2.24) is 4.90 Å². The quantitative estimate of drug-likeness (QED) is 0.0702. The van der Waals surface area contributed by atoms with Gasteiger partial charge in [-0.15, -0.1) is 0 Å². The van der Waals surface area contributed by atoms with Gasteiger partial charge in [-0.2, -0.15) is 0 Å².